The van der Waals surface area contributed by atoms with E-state index in [2.05, 4.69) is 4.98 Å². The maximum atomic E-state index is 5.36. The second-order valence-electron chi connectivity index (χ2n) is 2.30. The van der Waals surface area contributed by atoms with E-state index in [-0.39, 0.29) is 4.70 Å². The number of halogens is 1. The van der Waals surface area contributed by atoms with Crippen molar-refractivity contribution in [2.24, 2.45) is 0 Å². The van der Waals surface area contributed by atoms with Gasteiger partial charge in [0.25, 0.3) is 0 Å². The van der Waals surface area contributed by atoms with E-state index in [0.717, 1.165) is 5.46 Å². The lowest BCUT2D eigenvalue weighted by Gasteiger charge is -1.83. The number of aromatic nitrogens is 1. The van der Waals surface area contributed by atoms with Crippen LogP contribution in [-0.4, -0.2) is 12.8 Å². The second-order valence-corrected chi connectivity index (χ2v) is 2.30. The van der Waals surface area contributed by atoms with Crippen molar-refractivity contribution in [1.29, 1.82) is 0 Å². The van der Waals surface area contributed by atoms with E-state index < -0.39 is 0 Å². The molecule has 2 rings (SSSR count). The number of hydrogen-bond acceptors (Lipinski definition) is 0. The van der Waals surface area contributed by atoms with Gasteiger partial charge in [-0.05, 0) is 12.1 Å². The summed E-state index contributed by atoms with van der Waals surface area (Å²) in [4.78, 5) is 2.86. The summed E-state index contributed by atoms with van der Waals surface area (Å²) < 4.78 is 0. The minimum absolute atomic E-state index is 0. The van der Waals surface area contributed by atoms with Crippen LogP contribution in [0.5, 0.6) is 0 Å². The molecule has 2 radical (unpaired) electrons. The summed E-state index contributed by atoms with van der Waals surface area (Å²) in [6, 6.07) is 13.4. The number of hydrogen-bond donors (Lipinski definition) is 1. The lowest BCUT2D eigenvalue weighted by Crippen LogP contribution is -1.97. The van der Waals surface area contributed by atoms with Crippen LogP contribution in [0.1, 0.15) is 0 Å². The van der Waals surface area contributed by atoms with Crippen LogP contribution in [-0.2, 0) is 0 Å². The molecule has 13 heavy (non-hydrogen) atoms. The number of nitrogens with one attached hydrogen (secondary N) is 1. The molecule has 2 aromatic rings. The Morgan fingerprint density at radius 3 is 1.62 bits per heavy atom. The highest BCUT2D eigenvalue weighted by molar-refractivity contribution is 6.32. The standard InChI is InChI=1S/C6H5B.C4H5N.FH/c7-6-4-2-1-3-5-6;1-2-4-5-3-1;/h1-5H;1-5H;1H. The van der Waals surface area contributed by atoms with Gasteiger partial charge in [-0.3, -0.25) is 4.70 Å². The number of aromatic amines is 1. The molecule has 1 nitrogen and oxygen atoms in total. The first-order valence-electron chi connectivity index (χ1n) is 3.78. The molecule has 0 amide bonds. The molecule has 1 N–H and O–H groups in total. The highest BCUT2D eigenvalue weighted by Gasteiger charge is 1.71. The average Bonchev–Trinajstić information content (AvgIpc) is 2.62. The van der Waals surface area contributed by atoms with Gasteiger partial charge in [0.1, 0.15) is 7.85 Å². The topological polar surface area (TPSA) is 15.8 Å². The minimum Gasteiger partial charge on any atom is -0.368 e. The zero-order valence-electron chi connectivity index (χ0n) is 7.18. The van der Waals surface area contributed by atoms with Gasteiger partial charge in [0.2, 0.25) is 0 Å². The Balaban J connectivity index is 0.000000215. The van der Waals surface area contributed by atoms with Crippen molar-refractivity contribution in [1.82, 2.24) is 4.98 Å². The van der Waals surface area contributed by atoms with Crippen LogP contribution in [0.25, 0.3) is 0 Å². The highest BCUT2D eigenvalue weighted by Crippen LogP contribution is 1.76. The van der Waals surface area contributed by atoms with E-state index in [9.17, 15) is 0 Å². The summed E-state index contributed by atoms with van der Waals surface area (Å²) >= 11 is 0. The Labute approximate surface area is 78.6 Å². The Morgan fingerprint density at radius 2 is 1.38 bits per heavy atom. The third-order valence-corrected chi connectivity index (χ3v) is 1.30. The first kappa shape index (κ1) is 11.5. The molecular weight excluding hydrogens is 164 g/mol. The fourth-order valence-electron chi connectivity index (χ4n) is 0.731. The summed E-state index contributed by atoms with van der Waals surface area (Å²) in [7, 11) is 5.36. The van der Waals surface area contributed by atoms with E-state index in [1.54, 1.807) is 0 Å². The summed E-state index contributed by atoms with van der Waals surface area (Å²) in [5.41, 5.74) is 0.822. The smallest absolute Gasteiger partial charge is 0.113 e. The summed E-state index contributed by atoms with van der Waals surface area (Å²) in [6.07, 6.45) is 3.75. The molecule has 0 aliphatic heterocycles. The van der Waals surface area contributed by atoms with Crippen LogP contribution in [0, 0.1) is 0 Å². The van der Waals surface area contributed by atoms with Gasteiger partial charge >= 0.3 is 0 Å². The summed E-state index contributed by atoms with van der Waals surface area (Å²) in [5, 5.41) is 0. The van der Waals surface area contributed by atoms with Gasteiger partial charge in [0.05, 0.1) is 0 Å². The molecular formula is C10H11BFN. The quantitative estimate of drug-likeness (QED) is 0.586. The van der Waals surface area contributed by atoms with Gasteiger partial charge in [-0.15, -0.1) is 0 Å². The van der Waals surface area contributed by atoms with Crippen molar-refractivity contribution >= 4 is 13.3 Å². The fourth-order valence-corrected chi connectivity index (χ4v) is 0.731. The van der Waals surface area contributed by atoms with E-state index in [0.29, 0.717) is 0 Å². The van der Waals surface area contributed by atoms with E-state index in [4.69, 9.17) is 7.85 Å². The Hall–Kier alpha value is -1.51. The Bertz CT molecular complexity index is 264. The van der Waals surface area contributed by atoms with Crippen LogP contribution in [0.15, 0.2) is 54.9 Å². The van der Waals surface area contributed by atoms with Crippen molar-refractivity contribution in [3.05, 3.63) is 54.9 Å². The average molecular weight is 175 g/mol. The zero-order valence-corrected chi connectivity index (χ0v) is 7.18. The number of rotatable bonds is 0. The molecule has 0 saturated heterocycles. The predicted octanol–water partition coefficient (Wildman–Crippen LogP) is 1.65. The van der Waals surface area contributed by atoms with E-state index in [1.165, 1.54) is 0 Å². The van der Waals surface area contributed by atoms with Crippen LogP contribution in [0.2, 0.25) is 0 Å². The molecule has 0 atom stereocenters. The molecule has 1 heterocycles. The second kappa shape index (κ2) is 7.16. The molecule has 0 unspecified atom stereocenters. The minimum atomic E-state index is 0. The SMILES string of the molecule is F.[B]c1ccccc1.c1cc[nH]c1. The number of H-pyrrole nitrogens is 1. The van der Waals surface area contributed by atoms with Crippen LogP contribution in [0.4, 0.5) is 4.70 Å². The van der Waals surface area contributed by atoms with Gasteiger partial charge in [-0.25, -0.2) is 0 Å². The van der Waals surface area contributed by atoms with E-state index >= 15 is 0 Å². The summed E-state index contributed by atoms with van der Waals surface area (Å²) in [5.74, 6) is 0. The van der Waals surface area contributed by atoms with Crippen molar-refractivity contribution in [3.8, 4) is 0 Å². The lowest BCUT2D eigenvalue weighted by atomic mass is 9.97. The van der Waals surface area contributed by atoms with Gasteiger partial charge in [-0.1, -0.05) is 35.8 Å². The van der Waals surface area contributed by atoms with Crippen molar-refractivity contribution in [2.45, 2.75) is 0 Å². The molecule has 1 aromatic heterocycles. The molecule has 1 aromatic carbocycles. The fraction of sp³-hybridized carbons (Fsp3) is 0. The van der Waals surface area contributed by atoms with Crippen LogP contribution in [0.3, 0.4) is 0 Å². The number of benzene rings is 1. The first-order valence-corrected chi connectivity index (χ1v) is 3.78. The molecule has 3 heteroatoms. The first-order chi connectivity index (χ1) is 5.89. The largest absolute Gasteiger partial charge is 0.368 e. The van der Waals surface area contributed by atoms with Gasteiger partial charge in [0.15, 0.2) is 0 Å². The molecule has 0 spiro atoms. The molecule has 0 saturated carbocycles. The monoisotopic (exact) mass is 175 g/mol. The lowest BCUT2D eigenvalue weighted by molar-refractivity contribution is 1.11. The molecule has 0 bridgehead atoms. The molecule has 0 aliphatic carbocycles. The highest BCUT2D eigenvalue weighted by atomic mass is 19.0. The zero-order chi connectivity index (χ0) is 8.65. The van der Waals surface area contributed by atoms with Gasteiger partial charge < -0.3 is 4.98 Å². The van der Waals surface area contributed by atoms with Gasteiger partial charge in [-0.2, -0.15) is 0 Å². The Morgan fingerprint density at radius 1 is 0.846 bits per heavy atom. The maximum Gasteiger partial charge on any atom is 0.113 e. The normalized spacial score (nSPS) is 7.69. The summed E-state index contributed by atoms with van der Waals surface area (Å²) in [6.45, 7) is 0. The van der Waals surface area contributed by atoms with Crippen LogP contribution >= 0.6 is 0 Å². The maximum absolute atomic E-state index is 5.36. The van der Waals surface area contributed by atoms with Crippen molar-refractivity contribution in [2.75, 3.05) is 0 Å². The van der Waals surface area contributed by atoms with E-state index in [1.807, 2.05) is 54.9 Å². The Kier molecular flexibility index (Phi) is 6.33. The van der Waals surface area contributed by atoms with Crippen LogP contribution < -0.4 is 5.46 Å². The van der Waals surface area contributed by atoms with Crippen molar-refractivity contribution in [3.63, 3.8) is 0 Å². The van der Waals surface area contributed by atoms with Crippen molar-refractivity contribution < 1.29 is 4.70 Å². The third kappa shape index (κ3) is 5.73. The third-order valence-electron chi connectivity index (χ3n) is 1.30. The molecule has 0 fully saturated rings. The molecule has 0 aliphatic rings. The van der Waals surface area contributed by atoms with Gasteiger partial charge in [0, 0.05) is 12.4 Å². The predicted molar refractivity (Wildman–Crippen MR) is 55.1 cm³/mol. The molecule has 66 valence electrons.